The lowest BCUT2D eigenvalue weighted by Crippen LogP contribution is -2.47. The molecule has 13 nitrogen and oxygen atoms in total. The molecule has 0 amide bonds. The molecule has 0 aliphatic carbocycles. The van der Waals surface area contributed by atoms with Crippen LogP contribution in [-0.2, 0) is 23.4 Å². The van der Waals surface area contributed by atoms with Crippen molar-refractivity contribution in [2.75, 3.05) is 6.61 Å². The molecular weight excluding hydrogens is 497 g/mol. The van der Waals surface area contributed by atoms with Crippen molar-refractivity contribution in [2.45, 2.75) is 63.9 Å². The number of carbonyl (C=O) groups excluding carboxylic acids is 1. The Balaban J connectivity index is 1.80. The largest absolute Gasteiger partial charge is 0.462 e. The second-order valence-electron chi connectivity index (χ2n) is 8.75. The molecule has 0 saturated carbocycles. The Kier molecular flexibility index (Phi) is 8.55. The Bertz CT molecular complexity index is 1210. The smallest absolute Gasteiger partial charge is 0.459 e. The number of esters is 1. The highest BCUT2D eigenvalue weighted by atomic mass is 31.2. The Labute approximate surface area is 206 Å². The van der Waals surface area contributed by atoms with Crippen LogP contribution in [0.5, 0.6) is 5.75 Å². The fraction of sp³-hybridized carbons (Fsp3) is 0.500. The number of hydrogen-bond donors (Lipinski definition) is 4. The van der Waals surface area contributed by atoms with E-state index in [1.54, 1.807) is 32.0 Å². The third-order valence-corrected chi connectivity index (χ3v) is 6.94. The first kappa shape index (κ1) is 27.8. The summed E-state index contributed by atoms with van der Waals surface area (Å²) in [5.41, 5.74) is -3.49. The molecule has 6 atom stereocenters. The minimum atomic E-state index is -4.26. The van der Waals surface area contributed by atoms with Gasteiger partial charge in [0.15, 0.2) is 6.23 Å². The Hall–Kier alpha value is -2.80. The molecule has 1 aromatic carbocycles. The number of nitrogens with zero attached hydrogens (tertiary/aromatic N) is 1. The lowest BCUT2D eigenvalue weighted by molar-refractivity contribution is -0.149. The number of aliphatic hydroxyl groups excluding tert-OH is 1. The van der Waals surface area contributed by atoms with Crippen molar-refractivity contribution in [3.63, 3.8) is 0 Å². The Morgan fingerprint density at radius 2 is 1.92 bits per heavy atom. The SMILES string of the molecule is CC(C)OC(=O)[C@H](C)N[P@](=O)(OC[C@H]1O[C@@H](n2ccc(=O)[nH]c2=O)[C@@](C)(O)[C@@H]1O)Oc1ccccc1. The van der Waals surface area contributed by atoms with E-state index in [2.05, 4.69) is 5.09 Å². The van der Waals surface area contributed by atoms with E-state index in [0.29, 0.717) is 0 Å². The predicted molar refractivity (Wildman–Crippen MR) is 126 cm³/mol. The number of carbonyl (C=O) groups is 1. The molecule has 198 valence electrons. The van der Waals surface area contributed by atoms with Crippen LogP contribution in [0.15, 0.2) is 52.2 Å². The molecule has 0 spiro atoms. The van der Waals surface area contributed by atoms with Crippen molar-refractivity contribution in [2.24, 2.45) is 0 Å². The minimum absolute atomic E-state index is 0.176. The molecule has 0 unspecified atom stereocenters. The van der Waals surface area contributed by atoms with Crippen molar-refractivity contribution in [3.05, 3.63) is 63.4 Å². The highest BCUT2D eigenvalue weighted by molar-refractivity contribution is 7.52. The second kappa shape index (κ2) is 11.1. The van der Waals surface area contributed by atoms with Gasteiger partial charge in [0.2, 0.25) is 0 Å². The number of hydrogen-bond acceptors (Lipinski definition) is 10. The number of ether oxygens (including phenoxy) is 2. The standard InChI is InChI=1S/C22H30N3O10P/c1-13(2)33-19(28)14(3)24-36(31,35-15-8-6-5-7-9-15)32-12-16-18(27)22(4,30)20(34-16)25-11-10-17(26)23-21(25)29/h5-11,13-14,16,18,20,27,30H,12H2,1-4H3,(H,24,31)(H,23,26,29)/t14-,16+,18+,20+,22-,36-/m0/s1. The molecule has 1 aromatic heterocycles. The van der Waals surface area contributed by atoms with Crippen LogP contribution in [0.2, 0.25) is 0 Å². The molecule has 2 aromatic rings. The maximum Gasteiger partial charge on any atom is 0.459 e. The van der Waals surface area contributed by atoms with Crippen molar-refractivity contribution < 1.29 is 38.1 Å². The van der Waals surface area contributed by atoms with E-state index in [9.17, 15) is 29.2 Å². The van der Waals surface area contributed by atoms with E-state index in [0.717, 1.165) is 16.8 Å². The van der Waals surface area contributed by atoms with Gasteiger partial charge >= 0.3 is 19.4 Å². The Morgan fingerprint density at radius 1 is 1.25 bits per heavy atom. The summed E-state index contributed by atoms with van der Waals surface area (Å²) in [6, 6.07) is 8.02. The lowest BCUT2D eigenvalue weighted by Gasteiger charge is -2.27. The van der Waals surface area contributed by atoms with Gasteiger partial charge in [0, 0.05) is 12.3 Å². The molecule has 1 fully saturated rings. The lowest BCUT2D eigenvalue weighted by atomic mass is 9.96. The summed E-state index contributed by atoms with van der Waals surface area (Å²) in [6.07, 6.45) is -3.54. The molecule has 36 heavy (non-hydrogen) atoms. The quantitative estimate of drug-likeness (QED) is 0.252. The van der Waals surface area contributed by atoms with Crippen LogP contribution in [0.3, 0.4) is 0 Å². The third-order valence-electron chi connectivity index (χ3n) is 5.29. The summed E-state index contributed by atoms with van der Waals surface area (Å²) < 4.78 is 36.3. The van der Waals surface area contributed by atoms with Gasteiger partial charge in [-0.05, 0) is 39.8 Å². The minimum Gasteiger partial charge on any atom is -0.462 e. The second-order valence-corrected chi connectivity index (χ2v) is 10.4. The normalized spacial score (nSPS) is 26.4. The molecule has 1 aliphatic rings. The molecule has 4 N–H and O–H groups in total. The molecule has 0 bridgehead atoms. The first-order valence-corrected chi connectivity index (χ1v) is 12.7. The highest BCUT2D eigenvalue weighted by Gasteiger charge is 2.54. The van der Waals surface area contributed by atoms with Crippen molar-refractivity contribution in [1.82, 2.24) is 14.6 Å². The average molecular weight is 527 g/mol. The summed E-state index contributed by atoms with van der Waals surface area (Å²) in [4.78, 5) is 37.9. The number of benzene rings is 1. The maximum atomic E-state index is 13.6. The fourth-order valence-electron chi connectivity index (χ4n) is 3.50. The molecule has 1 saturated heterocycles. The van der Waals surface area contributed by atoms with Crippen LogP contribution in [-0.4, -0.2) is 62.3 Å². The molecule has 14 heteroatoms. The molecular formula is C22H30N3O10P. The van der Waals surface area contributed by atoms with Crippen molar-refractivity contribution in [3.8, 4) is 5.75 Å². The van der Waals surface area contributed by atoms with Gasteiger partial charge < -0.3 is 24.2 Å². The van der Waals surface area contributed by atoms with E-state index in [-0.39, 0.29) is 5.75 Å². The van der Waals surface area contributed by atoms with Crippen LogP contribution < -0.4 is 20.9 Å². The average Bonchev–Trinajstić information content (AvgIpc) is 3.01. The first-order chi connectivity index (χ1) is 16.8. The van der Waals surface area contributed by atoms with Gasteiger partial charge in [0.1, 0.15) is 29.6 Å². The van der Waals surface area contributed by atoms with Gasteiger partial charge in [0.25, 0.3) is 5.56 Å². The number of nitrogens with one attached hydrogen (secondary N) is 2. The Morgan fingerprint density at radius 3 is 2.53 bits per heavy atom. The molecule has 2 heterocycles. The highest BCUT2D eigenvalue weighted by Crippen LogP contribution is 2.46. The summed E-state index contributed by atoms with van der Waals surface area (Å²) in [5, 5.41) is 24.0. The molecule has 0 radical (unpaired) electrons. The first-order valence-electron chi connectivity index (χ1n) is 11.2. The topological polar surface area (TPSA) is 178 Å². The van der Waals surface area contributed by atoms with E-state index < -0.39 is 67.8 Å². The number of rotatable bonds is 10. The van der Waals surface area contributed by atoms with Gasteiger partial charge in [-0.25, -0.2) is 9.36 Å². The van der Waals surface area contributed by atoms with Gasteiger partial charge in [-0.15, -0.1) is 0 Å². The summed E-state index contributed by atoms with van der Waals surface area (Å²) in [6.45, 7) is 5.42. The zero-order valence-corrected chi connectivity index (χ0v) is 21.1. The number of aliphatic hydroxyl groups is 2. The third kappa shape index (κ3) is 6.49. The van der Waals surface area contributed by atoms with Crippen LogP contribution in [0.25, 0.3) is 0 Å². The number of aromatic amines is 1. The molecule has 3 rings (SSSR count). The number of para-hydroxylation sites is 1. The number of H-pyrrole nitrogens is 1. The van der Waals surface area contributed by atoms with E-state index in [4.69, 9.17) is 18.5 Å². The van der Waals surface area contributed by atoms with E-state index in [1.807, 2.05) is 4.98 Å². The van der Waals surface area contributed by atoms with Gasteiger partial charge in [0.05, 0.1) is 12.7 Å². The number of aromatic nitrogens is 2. The summed E-state index contributed by atoms with van der Waals surface area (Å²) >= 11 is 0. The summed E-state index contributed by atoms with van der Waals surface area (Å²) in [5.74, 6) is -0.515. The van der Waals surface area contributed by atoms with Crippen LogP contribution in [0, 0.1) is 0 Å². The monoisotopic (exact) mass is 527 g/mol. The zero-order valence-electron chi connectivity index (χ0n) is 20.2. The van der Waals surface area contributed by atoms with E-state index in [1.165, 1.54) is 26.0 Å². The summed E-state index contributed by atoms with van der Waals surface area (Å²) in [7, 11) is -4.26. The molecule has 1 aliphatic heterocycles. The van der Waals surface area contributed by atoms with Gasteiger partial charge in [-0.2, -0.15) is 5.09 Å². The van der Waals surface area contributed by atoms with Crippen LogP contribution >= 0.6 is 7.75 Å². The fourth-order valence-corrected chi connectivity index (χ4v) is 5.00. The van der Waals surface area contributed by atoms with E-state index >= 15 is 0 Å². The van der Waals surface area contributed by atoms with Crippen molar-refractivity contribution >= 4 is 13.7 Å². The van der Waals surface area contributed by atoms with Crippen LogP contribution in [0.4, 0.5) is 0 Å². The maximum absolute atomic E-state index is 13.6. The van der Waals surface area contributed by atoms with Gasteiger partial charge in [-0.3, -0.25) is 23.7 Å². The zero-order chi connectivity index (χ0) is 26.7. The van der Waals surface area contributed by atoms with Crippen molar-refractivity contribution in [1.29, 1.82) is 0 Å². The predicted octanol–water partition coefficient (Wildman–Crippen LogP) is 0.679. The van der Waals surface area contributed by atoms with Gasteiger partial charge in [-0.1, -0.05) is 18.2 Å². The van der Waals surface area contributed by atoms with Crippen LogP contribution in [0.1, 0.15) is 33.9 Å².